The molecule has 1 aliphatic heterocycles. The molecule has 2 heterocycles. The van der Waals surface area contributed by atoms with Crippen molar-refractivity contribution in [1.29, 1.82) is 0 Å². The van der Waals surface area contributed by atoms with Gasteiger partial charge < -0.3 is 16.0 Å². The first-order chi connectivity index (χ1) is 10.1. The van der Waals surface area contributed by atoms with E-state index in [1.165, 1.54) is 0 Å². The zero-order valence-electron chi connectivity index (χ0n) is 12.5. The van der Waals surface area contributed by atoms with Crippen LogP contribution in [0.3, 0.4) is 0 Å². The Balaban J connectivity index is 2.51. The van der Waals surface area contributed by atoms with Crippen LogP contribution >= 0.6 is 12.2 Å². The number of nitrogens with one attached hydrogen (secondary N) is 1. The fourth-order valence-corrected chi connectivity index (χ4v) is 2.84. The van der Waals surface area contributed by atoms with Gasteiger partial charge in [0, 0.05) is 13.1 Å². The van der Waals surface area contributed by atoms with Crippen molar-refractivity contribution in [2.45, 2.75) is 33.1 Å². The average molecular weight is 307 g/mol. The Morgan fingerprint density at radius 2 is 2.14 bits per heavy atom. The third-order valence-electron chi connectivity index (χ3n) is 3.63. The molecule has 0 radical (unpaired) electrons. The first kappa shape index (κ1) is 15.6. The summed E-state index contributed by atoms with van der Waals surface area (Å²) in [5, 5.41) is 11.5. The van der Waals surface area contributed by atoms with Crippen molar-refractivity contribution in [1.82, 2.24) is 15.5 Å². The molecule has 1 fully saturated rings. The Hall–Kier alpha value is -1.76. The van der Waals surface area contributed by atoms with Gasteiger partial charge in [0.05, 0.1) is 17.8 Å². The summed E-state index contributed by atoms with van der Waals surface area (Å²) in [4.78, 5) is 14.0. The number of nitrogens with two attached hydrogens (primary N) is 1. The van der Waals surface area contributed by atoms with E-state index in [0.717, 1.165) is 42.6 Å². The molecule has 1 aromatic heterocycles. The number of amides is 1. The lowest BCUT2D eigenvalue weighted by atomic mass is 10.0. The van der Waals surface area contributed by atoms with Gasteiger partial charge in [0.25, 0.3) is 0 Å². The summed E-state index contributed by atoms with van der Waals surface area (Å²) >= 11 is 5.23. The van der Waals surface area contributed by atoms with Gasteiger partial charge in [-0.3, -0.25) is 4.79 Å². The maximum Gasteiger partial charge on any atom is 0.239 e. The van der Waals surface area contributed by atoms with Crippen LogP contribution in [-0.2, 0) is 17.6 Å². The van der Waals surface area contributed by atoms with Crippen LogP contribution in [0.1, 0.15) is 37.1 Å². The van der Waals surface area contributed by atoms with E-state index in [1.807, 2.05) is 11.8 Å². The van der Waals surface area contributed by atoms with Gasteiger partial charge in [0.2, 0.25) is 5.91 Å². The van der Waals surface area contributed by atoms with Gasteiger partial charge >= 0.3 is 0 Å². The lowest BCUT2D eigenvalue weighted by Gasteiger charge is -2.24. The number of hydrogen-bond donors (Lipinski definition) is 2. The normalized spacial score (nSPS) is 15.5. The van der Waals surface area contributed by atoms with Crippen molar-refractivity contribution in [2.75, 3.05) is 24.5 Å². The smallest absolute Gasteiger partial charge is 0.239 e. The lowest BCUT2D eigenvalue weighted by Crippen LogP contribution is -2.35. The molecule has 6 nitrogen and oxygen atoms in total. The second-order valence-electron chi connectivity index (χ2n) is 5.02. The summed E-state index contributed by atoms with van der Waals surface area (Å²) in [6, 6.07) is 0. The van der Waals surface area contributed by atoms with E-state index in [1.54, 1.807) is 0 Å². The molecule has 0 spiro atoms. The van der Waals surface area contributed by atoms with Crippen molar-refractivity contribution >= 4 is 28.9 Å². The summed E-state index contributed by atoms with van der Waals surface area (Å²) in [6.07, 6.45) is 2.44. The number of aromatic nitrogens is 2. The zero-order chi connectivity index (χ0) is 15.4. The number of aryl methyl sites for hydroxylation is 1. The van der Waals surface area contributed by atoms with Crippen molar-refractivity contribution in [2.24, 2.45) is 5.73 Å². The van der Waals surface area contributed by atoms with Crippen LogP contribution in [0, 0.1) is 0 Å². The molecular weight excluding hydrogens is 286 g/mol. The van der Waals surface area contributed by atoms with Crippen molar-refractivity contribution in [3.8, 4) is 0 Å². The highest BCUT2D eigenvalue weighted by molar-refractivity contribution is 7.80. The molecule has 114 valence electrons. The van der Waals surface area contributed by atoms with Gasteiger partial charge in [0.15, 0.2) is 5.82 Å². The number of nitrogens with zero attached hydrogens (tertiary/aromatic N) is 3. The van der Waals surface area contributed by atoms with Crippen molar-refractivity contribution in [3.63, 3.8) is 0 Å². The molecule has 1 aromatic rings. The summed E-state index contributed by atoms with van der Waals surface area (Å²) in [5.41, 5.74) is 8.66. The molecule has 1 saturated heterocycles. The van der Waals surface area contributed by atoms with Crippen LogP contribution in [0.25, 0.3) is 0 Å². The molecule has 0 saturated carbocycles. The van der Waals surface area contributed by atoms with Crippen LogP contribution < -0.4 is 16.0 Å². The summed E-state index contributed by atoms with van der Waals surface area (Å²) in [7, 11) is 0. The number of carbonyl (C=O) groups is 1. The minimum Gasteiger partial charge on any atom is -0.389 e. The predicted molar refractivity (Wildman–Crippen MR) is 86.5 cm³/mol. The van der Waals surface area contributed by atoms with E-state index in [4.69, 9.17) is 18.0 Å². The van der Waals surface area contributed by atoms with Gasteiger partial charge in [0.1, 0.15) is 4.99 Å². The number of rotatable bonds is 4. The molecular formula is C14H21N5OS. The highest BCUT2D eigenvalue weighted by Crippen LogP contribution is 2.24. The Morgan fingerprint density at radius 1 is 1.38 bits per heavy atom. The zero-order valence-corrected chi connectivity index (χ0v) is 13.3. The van der Waals surface area contributed by atoms with E-state index < -0.39 is 0 Å². The molecule has 1 amide bonds. The summed E-state index contributed by atoms with van der Waals surface area (Å²) < 4.78 is 0. The number of carbonyl (C=O) groups excluding carboxylic acids is 1. The van der Waals surface area contributed by atoms with Gasteiger partial charge in [-0.2, -0.15) is 5.10 Å². The molecule has 2 rings (SSSR count). The van der Waals surface area contributed by atoms with Gasteiger partial charge in [-0.15, -0.1) is 5.10 Å². The largest absolute Gasteiger partial charge is 0.389 e. The minimum atomic E-state index is -0.0131. The third-order valence-corrected chi connectivity index (χ3v) is 3.84. The second-order valence-corrected chi connectivity index (χ2v) is 5.46. The Kier molecular flexibility index (Phi) is 5.06. The monoisotopic (exact) mass is 307 g/mol. The highest BCUT2D eigenvalue weighted by atomic mass is 32.1. The standard InChI is InChI=1S/C14H21N5OS/c1-3-9-10(4-2)17-18-14(12(9)13(15)21)19-7-5-6-16-11(20)8-19/h3-8H2,1-2H3,(H2,15,21)(H,16,20). The van der Waals surface area contributed by atoms with Crippen molar-refractivity contribution in [3.05, 3.63) is 16.8 Å². The summed E-state index contributed by atoms with van der Waals surface area (Å²) in [6.45, 7) is 5.76. The molecule has 0 bridgehead atoms. The first-order valence-corrected chi connectivity index (χ1v) is 7.69. The highest BCUT2D eigenvalue weighted by Gasteiger charge is 2.23. The van der Waals surface area contributed by atoms with E-state index >= 15 is 0 Å². The molecule has 0 atom stereocenters. The molecule has 21 heavy (non-hydrogen) atoms. The Morgan fingerprint density at radius 3 is 2.76 bits per heavy atom. The van der Waals surface area contributed by atoms with Gasteiger partial charge in [-0.05, 0) is 24.8 Å². The van der Waals surface area contributed by atoms with Gasteiger partial charge in [-0.25, -0.2) is 0 Å². The van der Waals surface area contributed by atoms with E-state index in [9.17, 15) is 4.79 Å². The molecule has 0 aliphatic carbocycles. The van der Waals surface area contributed by atoms with Crippen LogP contribution in [0.5, 0.6) is 0 Å². The Labute approximate surface area is 130 Å². The number of anilines is 1. The van der Waals surface area contributed by atoms with Crippen LogP contribution in [-0.4, -0.2) is 40.7 Å². The molecule has 0 aromatic carbocycles. The van der Waals surface area contributed by atoms with E-state index in [0.29, 0.717) is 17.4 Å². The maximum absolute atomic E-state index is 11.8. The van der Waals surface area contributed by atoms with Crippen LogP contribution in [0.15, 0.2) is 0 Å². The molecule has 7 heteroatoms. The number of hydrogen-bond acceptors (Lipinski definition) is 5. The van der Waals surface area contributed by atoms with Gasteiger partial charge in [-0.1, -0.05) is 26.1 Å². The second kappa shape index (κ2) is 6.80. The lowest BCUT2D eigenvalue weighted by molar-refractivity contribution is -0.119. The molecule has 1 aliphatic rings. The number of thiocarbonyl (C=S) groups is 1. The average Bonchev–Trinajstić information content (AvgIpc) is 2.69. The summed E-state index contributed by atoms with van der Waals surface area (Å²) in [5.74, 6) is 0.620. The van der Waals surface area contributed by atoms with Crippen molar-refractivity contribution < 1.29 is 4.79 Å². The van der Waals surface area contributed by atoms with Crippen LogP contribution in [0.2, 0.25) is 0 Å². The van der Waals surface area contributed by atoms with Crippen LogP contribution in [0.4, 0.5) is 5.82 Å². The third kappa shape index (κ3) is 3.29. The fourth-order valence-electron chi connectivity index (χ4n) is 2.63. The SMILES string of the molecule is CCc1nnc(N2CCCNC(=O)C2)c(C(N)=S)c1CC. The van der Waals surface area contributed by atoms with E-state index in [-0.39, 0.29) is 12.5 Å². The Bertz CT molecular complexity index is 561. The predicted octanol–water partition coefficient (Wildman–Crippen LogP) is 0.562. The quantitative estimate of drug-likeness (QED) is 0.791. The fraction of sp³-hybridized carbons (Fsp3) is 0.571. The molecule has 3 N–H and O–H groups in total. The first-order valence-electron chi connectivity index (χ1n) is 7.28. The topological polar surface area (TPSA) is 84.1 Å². The maximum atomic E-state index is 11.8. The van der Waals surface area contributed by atoms with E-state index in [2.05, 4.69) is 22.4 Å². The molecule has 0 unspecified atom stereocenters. The minimum absolute atomic E-state index is 0.0131.